The lowest BCUT2D eigenvalue weighted by Gasteiger charge is -2.09. The number of ketones is 1. The summed E-state index contributed by atoms with van der Waals surface area (Å²) in [6, 6.07) is 10.0. The summed E-state index contributed by atoms with van der Waals surface area (Å²) in [6.45, 7) is 3.55. The van der Waals surface area contributed by atoms with E-state index in [0.29, 0.717) is 33.9 Å². The van der Waals surface area contributed by atoms with Crippen molar-refractivity contribution in [1.29, 1.82) is 0 Å². The number of nitrogens with zero attached hydrogens (tertiary/aromatic N) is 1. The molecule has 1 aliphatic rings. The number of Topliss-reactive ketones (excluding diaryl/α,β-unsaturated/α-hetero) is 1. The summed E-state index contributed by atoms with van der Waals surface area (Å²) in [6.07, 6.45) is 4.55. The van der Waals surface area contributed by atoms with Gasteiger partial charge in [0.1, 0.15) is 23.0 Å². The summed E-state index contributed by atoms with van der Waals surface area (Å²) in [7, 11) is 0. The summed E-state index contributed by atoms with van der Waals surface area (Å²) in [5, 5.41) is 0. The van der Waals surface area contributed by atoms with E-state index < -0.39 is 5.97 Å². The molecule has 6 nitrogen and oxygen atoms in total. The summed E-state index contributed by atoms with van der Waals surface area (Å²) >= 11 is 0. The number of carbonyl (C=O) groups is 2. The van der Waals surface area contributed by atoms with Gasteiger partial charge in [0.05, 0.1) is 11.1 Å². The number of ether oxygens (including phenoxy) is 2. The quantitative estimate of drug-likeness (QED) is 0.397. The van der Waals surface area contributed by atoms with Gasteiger partial charge in [0.2, 0.25) is 5.78 Å². The highest BCUT2D eigenvalue weighted by atomic mass is 16.5. The first kappa shape index (κ1) is 16.8. The summed E-state index contributed by atoms with van der Waals surface area (Å²) < 4.78 is 16.6. The Bertz CT molecular complexity index is 1080. The number of rotatable bonds is 3. The third-order valence-corrected chi connectivity index (χ3v) is 4.17. The highest BCUT2D eigenvalue weighted by Crippen LogP contribution is 2.39. The fourth-order valence-electron chi connectivity index (χ4n) is 2.78. The maximum absolute atomic E-state index is 12.6. The van der Waals surface area contributed by atoms with Crippen molar-refractivity contribution < 1.29 is 23.5 Å². The van der Waals surface area contributed by atoms with E-state index in [-0.39, 0.29) is 11.5 Å². The van der Waals surface area contributed by atoms with Gasteiger partial charge < -0.3 is 13.9 Å². The minimum absolute atomic E-state index is 0.165. The number of benzene rings is 1. The first-order valence-electron chi connectivity index (χ1n) is 8.29. The third-order valence-electron chi connectivity index (χ3n) is 4.17. The van der Waals surface area contributed by atoms with E-state index in [1.807, 2.05) is 6.92 Å². The van der Waals surface area contributed by atoms with Gasteiger partial charge in [0.15, 0.2) is 5.76 Å². The number of esters is 1. The van der Waals surface area contributed by atoms with E-state index in [2.05, 4.69) is 4.98 Å². The van der Waals surface area contributed by atoms with Crippen molar-refractivity contribution in [3.05, 3.63) is 82.8 Å². The van der Waals surface area contributed by atoms with Crippen LogP contribution in [0.1, 0.15) is 37.8 Å². The maximum atomic E-state index is 12.6. The van der Waals surface area contributed by atoms with E-state index in [1.165, 1.54) is 6.20 Å². The van der Waals surface area contributed by atoms with Crippen LogP contribution in [-0.4, -0.2) is 16.7 Å². The van der Waals surface area contributed by atoms with Crippen molar-refractivity contribution in [2.75, 3.05) is 0 Å². The molecule has 0 spiro atoms. The summed E-state index contributed by atoms with van der Waals surface area (Å²) in [4.78, 5) is 28.7. The molecular weight excluding hydrogens is 346 g/mol. The number of pyridine rings is 1. The Labute approximate surface area is 155 Å². The van der Waals surface area contributed by atoms with Gasteiger partial charge in [0, 0.05) is 24.0 Å². The van der Waals surface area contributed by atoms with Crippen molar-refractivity contribution in [1.82, 2.24) is 4.98 Å². The molecule has 0 bridgehead atoms. The Morgan fingerprint density at radius 2 is 2.00 bits per heavy atom. The monoisotopic (exact) mass is 361 g/mol. The molecule has 0 saturated heterocycles. The van der Waals surface area contributed by atoms with Gasteiger partial charge in [-0.2, -0.15) is 0 Å². The zero-order valence-corrected chi connectivity index (χ0v) is 14.7. The number of aromatic nitrogens is 1. The van der Waals surface area contributed by atoms with Crippen molar-refractivity contribution in [2.45, 2.75) is 13.8 Å². The summed E-state index contributed by atoms with van der Waals surface area (Å²) in [5.41, 5.74) is 1.32. The first-order chi connectivity index (χ1) is 13.0. The molecule has 0 N–H and O–H groups in total. The van der Waals surface area contributed by atoms with Crippen LogP contribution >= 0.6 is 0 Å². The van der Waals surface area contributed by atoms with Crippen LogP contribution in [0.25, 0.3) is 6.08 Å². The molecule has 0 saturated carbocycles. The smallest absolute Gasteiger partial charge is 0.345 e. The van der Waals surface area contributed by atoms with Crippen LogP contribution < -0.4 is 9.47 Å². The van der Waals surface area contributed by atoms with Gasteiger partial charge >= 0.3 is 5.97 Å². The second-order valence-electron chi connectivity index (χ2n) is 6.08. The van der Waals surface area contributed by atoms with E-state index >= 15 is 0 Å². The van der Waals surface area contributed by atoms with Gasteiger partial charge in [-0.05, 0) is 50.2 Å². The molecule has 6 heteroatoms. The predicted octanol–water partition coefficient (Wildman–Crippen LogP) is 4.13. The van der Waals surface area contributed by atoms with Gasteiger partial charge in [0.25, 0.3) is 0 Å². The molecule has 2 aromatic heterocycles. The zero-order chi connectivity index (χ0) is 19.0. The Morgan fingerprint density at radius 3 is 2.70 bits per heavy atom. The van der Waals surface area contributed by atoms with Gasteiger partial charge in [-0.15, -0.1) is 0 Å². The molecule has 4 rings (SSSR count). The van der Waals surface area contributed by atoms with Crippen LogP contribution in [-0.2, 0) is 0 Å². The Kier molecular flexibility index (Phi) is 4.08. The van der Waals surface area contributed by atoms with E-state index in [9.17, 15) is 9.59 Å². The molecule has 0 atom stereocenters. The number of aryl methyl sites for hydroxylation is 1. The fourth-order valence-corrected chi connectivity index (χ4v) is 2.78. The number of carbonyl (C=O) groups excluding carboxylic acids is 2. The molecule has 0 aliphatic carbocycles. The molecule has 1 aliphatic heterocycles. The predicted molar refractivity (Wildman–Crippen MR) is 96.8 cm³/mol. The number of allylic oxidation sites excluding steroid dienone is 1. The largest absolute Gasteiger partial charge is 0.462 e. The molecule has 3 heterocycles. The lowest BCUT2D eigenvalue weighted by Crippen LogP contribution is -2.09. The molecule has 27 heavy (non-hydrogen) atoms. The number of hydrogen-bond donors (Lipinski definition) is 0. The Hall–Kier alpha value is -3.67. The van der Waals surface area contributed by atoms with E-state index in [0.717, 1.165) is 5.76 Å². The third kappa shape index (κ3) is 3.13. The molecule has 0 fully saturated rings. The highest BCUT2D eigenvalue weighted by Gasteiger charge is 2.31. The maximum Gasteiger partial charge on any atom is 0.345 e. The number of furan rings is 1. The molecule has 134 valence electrons. The SMILES string of the molecule is Cc1ccc(/C=C2\Oc3c(ccc(OC(=O)c4cccnc4)c3C)C2=O)o1. The van der Waals surface area contributed by atoms with E-state index in [4.69, 9.17) is 13.9 Å². The van der Waals surface area contributed by atoms with Crippen molar-refractivity contribution >= 4 is 17.8 Å². The van der Waals surface area contributed by atoms with Crippen LogP contribution in [0.15, 0.2) is 59.0 Å². The second-order valence-corrected chi connectivity index (χ2v) is 6.08. The van der Waals surface area contributed by atoms with Crippen molar-refractivity contribution in [3.8, 4) is 11.5 Å². The molecular formula is C21H15NO5. The lowest BCUT2D eigenvalue weighted by molar-refractivity contribution is 0.0732. The lowest BCUT2D eigenvalue weighted by atomic mass is 10.1. The number of fused-ring (bicyclic) bond motifs is 1. The van der Waals surface area contributed by atoms with Crippen molar-refractivity contribution in [3.63, 3.8) is 0 Å². The standard InChI is InChI=1S/C21H15NO5/c1-12-5-6-15(25-12)10-18-19(23)16-7-8-17(13(2)20(16)26-18)27-21(24)14-4-3-9-22-11-14/h3-11H,1-2H3/b18-10-. The molecule has 0 radical (unpaired) electrons. The topological polar surface area (TPSA) is 78.6 Å². The van der Waals surface area contributed by atoms with Crippen LogP contribution in [0.5, 0.6) is 11.5 Å². The van der Waals surface area contributed by atoms with Gasteiger partial charge in [-0.1, -0.05) is 0 Å². The molecule has 0 amide bonds. The first-order valence-corrected chi connectivity index (χ1v) is 8.29. The fraction of sp³-hybridized carbons (Fsp3) is 0.0952. The zero-order valence-electron chi connectivity index (χ0n) is 14.7. The van der Waals surface area contributed by atoms with E-state index in [1.54, 1.807) is 55.6 Å². The number of hydrogen-bond acceptors (Lipinski definition) is 6. The Morgan fingerprint density at radius 1 is 1.15 bits per heavy atom. The molecule has 1 aromatic carbocycles. The molecule has 3 aromatic rings. The van der Waals surface area contributed by atoms with Crippen LogP contribution in [0.2, 0.25) is 0 Å². The van der Waals surface area contributed by atoms with Crippen LogP contribution in [0.3, 0.4) is 0 Å². The average molecular weight is 361 g/mol. The van der Waals surface area contributed by atoms with Gasteiger partial charge in [-0.3, -0.25) is 9.78 Å². The van der Waals surface area contributed by atoms with Crippen molar-refractivity contribution in [2.24, 2.45) is 0 Å². The average Bonchev–Trinajstić information content (AvgIpc) is 3.22. The Balaban J connectivity index is 1.62. The minimum Gasteiger partial charge on any atom is -0.462 e. The molecule has 0 unspecified atom stereocenters. The van der Waals surface area contributed by atoms with Crippen LogP contribution in [0, 0.1) is 13.8 Å². The van der Waals surface area contributed by atoms with Gasteiger partial charge in [-0.25, -0.2) is 4.79 Å². The van der Waals surface area contributed by atoms with Crippen LogP contribution in [0.4, 0.5) is 0 Å². The summed E-state index contributed by atoms with van der Waals surface area (Å²) in [5.74, 6) is 1.37. The normalized spacial score (nSPS) is 14.1. The second kappa shape index (κ2) is 6.57. The minimum atomic E-state index is -0.530. The highest BCUT2D eigenvalue weighted by molar-refractivity contribution is 6.14.